The van der Waals surface area contributed by atoms with Crippen LogP contribution < -0.4 is 5.32 Å². The molecule has 1 fully saturated rings. The number of amides is 2. The predicted molar refractivity (Wildman–Crippen MR) is 78.7 cm³/mol. The summed E-state index contributed by atoms with van der Waals surface area (Å²) < 4.78 is 0. The lowest BCUT2D eigenvalue weighted by Crippen LogP contribution is -2.42. The number of hydrogen-bond donors (Lipinski definition) is 1. The second-order valence-corrected chi connectivity index (χ2v) is 4.96. The summed E-state index contributed by atoms with van der Waals surface area (Å²) >= 11 is 0. The number of nitroso groups, excluding NO2 is 1. The lowest BCUT2D eigenvalue weighted by Gasteiger charge is -2.19. The van der Waals surface area contributed by atoms with Crippen LogP contribution in [0.15, 0.2) is 5.29 Å². The number of nitrogens with zero attached hydrogens (tertiary/aromatic N) is 2. The van der Waals surface area contributed by atoms with Crippen molar-refractivity contribution in [2.75, 3.05) is 6.54 Å². The van der Waals surface area contributed by atoms with Crippen molar-refractivity contribution >= 4 is 6.03 Å². The van der Waals surface area contributed by atoms with Gasteiger partial charge >= 0.3 is 6.03 Å². The summed E-state index contributed by atoms with van der Waals surface area (Å²) in [4.78, 5) is 22.3. The minimum atomic E-state index is -0.346. The molecular formula is C14H29N3O2. The maximum Gasteiger partial charge on any atom is 0.340 e. The van der Waals surface area contributed by atoms with E-state index in [-0.39, 0.29) is 12.1 Å². The third kappa shape index (κ3) is 7.13. The first kappa shape index (κ1) is 17.9. The molecule has 112 valence electrons. The van der Waals surface area contributed by atoms with E-state index < -0.39 is 0 Å². The fourth-order valence-corrected chi connectivity index (χ4v) is 2.27. The molecule has 0 spiro atoms. The highest BCUT2D eigenvalue weighted by Gasteiger charge is 2.20. The van der Waals surface area contributed by atoms with Crippen molar-refractivity contribution in [1.29, 1.82) is 0 Å². The van der Waals surface area contributed by atoms with Crippen molar-refractivity contribution in [2.24, 2.45) is 11.2 Å². The molecule has 2 atom stereocenters. The Morgan fingerprint density at radius 1 is 1.26 bits per heavy atom. The topological polar surface area (TPSA) is 61.8 Å². The highest BCUT2D eigenvalue weighted by atomic mass is 16.3. The smallest absolute Gasteiger partial charge is 0.334 e. The van der Waals surface area contributed by atoms with Crippen LogP contribution in [-0.4, -0.2) is 23.6 Å². The lowest BCUT2D eigenvalue weighted by atomic mass is 10.0. The van der Waals surface area contributed by atoms with Crippen LogP contribution in [0, 0.1) is 10.8 Å². The van der Waals surface area contributed by atoms with E-state index in [1.807, 2.05) is 20.8 Å². The Balaban J connectivity index is 0.00000154. The summed E-state index contributed by atoms with van der Waals surface area (Å²) in [5.74, 6) is 0.743. The van der Waals surface area contributed by atoms with Crippen molar-refractivity contribution in [2.45, 2.75) is 72.3 Å². The van der Waals surface area contributed by atoms with Crippen LogP contribution in [0.25, 0.3) is 0 Å². The third-order valence-electron chi connectivity index (χ3n) is 3.35. The van der Waals surface area contributed by atoms with Crippen LogP contribution in [0.3, 0.4) is 0 Å². The van der Waals surface area contributed by atoms with Crippen molar-refractivity contribution in [3.8, 4) is 0 Å². The number of hydrogen-bond acceptors (Lipinski definition) is 3. The zero-order valence-corrected chi connectivity index (χ0v) is 12.8. The van der Waals surface area contributed by atoms with Crippen molar-refractivity contribution in [3.63, 3.8) is 0 Å². The molecule has 1 rings (SSSR count). The second-order valence-electron chi connectivity index (χ2n) is 4.96. The minimum Gasteiger partial charge on any atom is -0.334 e. The molecule has 0 heterocycles. The molecule has 1 aliphatic rings. The highest BCUT2D eigenvalue weighted by molar-refractivity contribution is 5.74. The normalized spacial score (nSPS) is 22.5. The summed E-state index contributed by atoms with van der Waals surface area (Å²) in [6.07, 6.45) is 6.28. The van der Waals surface area contributed by atoms with Crippen LogP contribution in [0.1, 0.15) is 66.2 Å². The van der Waals surface area contributed by atoms with Gasteiger partial charge in [-0.2, -0.15) is 5.01 Å². The molecule has 0 saturated heterocycles. The van der Waals surface area contributed by atoms with Gasteiger partial charge in [-0.05, 0) is 31.6 Å². The van der Waals surface area contributed by atoms with E-state index >= 15 is 0 Å². The molecular weight excluding hydrogens is 242 g/mol. The maximum atomic E-state index is 11.7. The summed E-state index contributed by atoms with van der Waals surface area (Å²) in [7, 11) is 0. The lowest BCUT2D eigenvalue weighted by molar-refractivity contribution is 0.193. The molecule has 2 amide bonds. The molecule has 1 aliphatic carbocycles. The van der Waals surface area contributed by atoms with Gasteiger partial charge in [-0.3, -0.25) is 0 Å². The number of nitrogens with one attached hydrogen (secondary N) is 1. The van der Waals surface area contributed by atoms with Crippen molar-refractivity contribution < 1.29 is 4.79 Å². The van der Waals surface area contributed by atoms with E-state index in [0.29, 0.717) is 6.54 Å². The van der Waals surface area contributed by atoms with Gasteiger partial charge in [-0.25, -0.2) is 4.79 Å². The first-order valence-electron chi connectivity index (χ1n) is 7.58. The van der Waals surface area contributed by atoms with Crippen molar-refractivity contribution in [3.05, 3.63) is 4.91 Å². The first-order valence-corrected chi connectivity index (χ1v) is 7.58. The zero-order chi connectivity index (χ0) is 14.7. The highest BCUT2D eigenvalue weighted by Crippen LogP contribution is 2.22. The van der Waals surface area contributed by atoms with E-state index in [4.69, 9.17) is 0 Å². The molecule has 19 heavy (non-hydrogen) atoms. The van der Waals surface area contributed by atoms with Gasteiger partial charge in [0.1, 0.15) is 0 Å². The predicted octanol–water partition coefficient (Wildman–Crippen LogP) is 4.08. The standard InChI is InChI=1S/C12H23N3O2.C2H6/c1-3-9-15(14-17)12(16)13-11-6-4-5-10(2)7-8-11;1-2/h10-11H,3-9H2,1-2H3,(H,13,16);1-2H3. The van der Waals surface area contributed by atoms with E-state index in [1.165, 1.54) is 6.42 Å². The summed E-state index contributed by atoms with van der Waals surface area (Å²) in [5, 5.41) is 6.64. The third-order valence-corrected chi connectivity index (χ3v) is 3.35. The fraction of sp³-hybridized carbons (Fsp3) is 0.929. The Morgan fingerprint density at radius 2 is 1.95 bits per heavy atom. The molecule has 0 aliphatic heterocycles. The molecule has 0 bridgehead atoms. The van der Waals surface area contributed by atoms with Crippen LogP contribution in [0.4, 0.5) is 4.79 Å². The summed E-state index contributed by atoms with van der Waals surface area (Å²) in [6.45, 7) is 8.55. The average Bonchev–Trinajstić information content (AvgIpc) is 2.63. The van der Waals surface area contributed by atoms with Gasteiger partial charge in [0.15, 0.2) is 0 Å². The first-order chi connectivity index (χ1) is 9.17. The number of urea groups is 1. The second kappa shape index (κ2) is 10.8. The van der Waals surface area contributed by atoms with Gasteiger partial charge in [0.2, 0.25) is 0 Å². The Bertz CT molecular complexity index is 259. The van der Waals surface area contributed by atoms with E-state index in [0.717, 1.165) is 43.0 Å². The Labute approximate surface area is 117 Å². The van der Waals surface area contributed by atoms with Crippen LogP contribution >= 0.6 is 0 Å². The Morgan fingerprint density at radius 3 is 2.53 bits per heavy atom. The molecule has 5 nitrogen and oxygen atoms in total. The fourth-order valence-electron chi connectivity index (χ4n) is 2.27. The largest absolute Gasteiger partial charge is 0.340 e. The Hall–Kier alpha value is -1.13. The van der Waals surface area contributed by atoms with Gasteiger partial charge < -0.3 is 5.32 Å². The Kier molecular flexibility index (Phi) is 10.1. The molecule has 0 aromatic carbocycles. The molecule has 2 unspecified atom stereocenters. The number of rotatable bonds is 4. The molecule has 0 radical (unpaired) electrons. The number of carbonyl (C=O) groups excluding carboxylic acids is 1. The van der Waals surface area contributed by atoms with E-state index in [1.54, 1.807) is 0 Å². The van der Waals surface area contributed by atoms with Gasteiger partial charge in [-0.15, -0.1) is 4.91 Å². The van der Waals surface area contributed by atoms with E-state index in [2.05, 4.69) is 17.5 Å². The molecule has 1 saturated carbocycles. The monoisotopic (exact) mass is 271 g/mol. The molecule has 1 N–H and O–H groups in total. The zero-order valence-electron chi connectivity index (χ0n) is 12.8. The van der Waals surface area contributed by atoms with Crippen LogP contribution in [0.5, 0.6) is 0 Å². The molecule has 0 aromatic heterocycles. The number of carbonyl (C=O) groups is 1. The quantitative estimate of drug-likeness (QED) is 0.475. The molecule has 5 heteroatoms. The average molecular weight is 271 g/mol. The van der Waals surface area contributed by atoms with Gasteiger partial charge in [0, 0.05) is 12.6 Å². The van der Waals surface area contributed by atoms with Crippen molar-refractivity contribution in [1.82, 2.24) is 10.3 Å². The molecule has 0 aromatic rings. The van der Waals surface area contributed by atoms with E-state index in [9.17, 15) is 9.70 Å². The summed E-state index contributed by atoms with van der Waals surface area (Å²) in [5.41, 5.74) is 0. The van der Waals surface area contributed by atoms with Crippen LogP contribution in [-0.2, 0) is 0 Å². The summed E-state index contributed by atoms with van der Waals surface area (Å²) in [6, 6.07) is -0.144. The SMILES string of the molecule is CC.CCCN(N=O)C(=O)NC1CCCC(C)CC1. The maximum absolute atomic E-state index is 11.7. The van der Waals surface area contributed by atoms with Gasteiger partial charge in [0.25, 0.3) is 0 Å². The van der Waals surface area contributed by atoms with Gasteiger partial charge in [-0.1, -0.05) is 40.5 Å². The van der Waals surface area contributed by atoms with Crippen LogP contribution in [0.2, 0.25) is 0 Å². The van der Waals surface area contributed by atoms with Gasteiger partial charge in [0.05, 0.1) is 5.29 Å². The minimum absolute atomic E-state index is 0.202.